The lowest BCUT2D eigenvalue weighted by molar-refractivity contribution is 0.0853. The molecule has 2 rings (SSSR count). The number of hydrogen-bond acceptors (Lipinski definition) is 3. The Morgan fingerprint density at radius 1 is 1.79 bits per heavy atom. The van der Waals surface area contributed by atoms with Crippen molar-refractivity contribution in [2.45, 2.75) is 18.9 Å². The van der Waals surface area contributed by atoms with Crippen molar-refractivity contribution in [2.75, 3.05) is 13.2 Å². The minimum absolute atomic E-state index is 0.127. The highest BCUT2D eigenvalue weighted by atomic mass is 16.5. The van der Waals surface area contributed by atoms with Crippen LogP contribution in [-0.4, -0.2) is 35.4 Å². The molecule has 0 aliphatic carbocycles. The van der Waals surface area contributed by atoms with E-state index in [1.165, 1.54) is 0 Å². The van der Waals surface area contributed by atoms with Crippen LogP contribution >= 0.6 is 0 Å². The molecular weight excluding hydrogens is 182 g/mol. The number of nitrogens with one attached hydrogen (secondary N) is 2. The molecule has 2 N–H and O–H groups in total. The lowest BCUT2D eigenvalue weighted by atomic mass is 10.2. The summed E-state index contributed by atoms with van der Waals surface area (Å²) in [5.41, 5.74) is 0.489. The van der Waals surface area contributed by atoms with Crippen molar-refractivity contribution in [2.24, 2.45) is 0 Å². The molecule has 0 saturated carbocycles. The maximum Gasteiger partial charge on any atom is 0.269 e. The molecule has 0 aromatic carbocycles. The summed E-state index contributed by atoms with van der Waals surface area (Å²) in [5.74, 6) is -0.127. The molecule has 1 saturated heterocycles. The van der Waals surface area contributed by atoms with E-state index in [4.69, 9.17) is 4.74 Å². The maximum absolute atomic E-state index is 11.4. The molecule has 14 heavy (non-hydrogen) atoms. The highest BCUT2D eigenvalue weighted by Crippen LogP contribution is 2.10. The Balaban J connectivity index is 1.78. The van der Waals surface area contributed by atoms with E-state index in [2.05, 4.69) is 15.5 Å². The SMILES string of the molecule is O=C(NCC1CCCO1)c1ccn[nH]1. The van der Waals surface area contributed by atoms with Gasteiger partial charge in [0.2, 0.25) is 0 Å². The van der Waals surface area contributed by atoms with Crippen molar-refractivity contribution in [1.82, 2.24) is 15.5 Å². The van der Waals surface area contributed by atoms with E-state index in [1.807, 2.05) is 0 Å². The van der Waals surface area contributed by atoms with Gasteiger partial charge in [0, 0.05) is 19.3 Å². The van der Waals surface area contributed by atoms with Gasteiger partial charge in [0.05, 0.1) is 6.10 Å². The zero-order valence-corrected chi connectivity index (χ0v) is 7.82. The number of hydrogen-bond donors (Lipinski definition) is 2. The molecule has 5 nitrogen and oxygen atoms in total. The van der Waals surface area contributed by atoms with Crippen LogP contribution in [0.1, 0.15) is 23.3 Å². The monoisotopic (exact) mass is 195 g/mol. The first-order valence-electron chi connectivity index (χ1n) is 4.75. The van der Waals surface area contributed by atoms with Crippen LogP contribution < -0.4 is 5.32 Å². The van der Waals surface area contributed by atoms with Crippen molar-refractivity contribution in [3.8, 4) is 0 Å². The molecular formula is C9H13N3O2. The smallest absolute Gasteiger partial charge is 0.269 e. The van der Waals surface area contributed by atoms with Gasteiger partial charge in [-0.1, -0.05) is 0 Å². The van der Waals surface area contributed by atoms with Gasteiger partial charge in [0.1, 0.15) is 5.69 Å². The molecule has 1 aliphatic rings. The highest BCUT2D eigenvalue weighted by molar-refractivity contribution is 5.92. The third-order valence-corrected chi connectivity index (χ3v) is 2.26. The van der Waals surface area contributed by atoms with Crippen LogP contribution in [0.25, 0.3) is 0 Å². The van der Waals surface area contributed by atoms with Crippen molar-refractivity contribution >= 4 is 5.91 Å². The Kier molecular flexibility index (Phi) is 2.78. The van der Waals surface area contributed by atoms with Gasteiger partial charge in [-0.2, -0.15) is 5.10 Å². The number of rotatable bonds is 3. The Bertz CT molecular complexity index is 291. The molecule has 1 amide bonds. The predicted octanol–water partition coefficient (Wildman–Crippen LogP) is 0.318. The summed E-state index contributed by atoms with van der Waals surface area (Å²) < 4.78 is 5.38. The molecule has 1 unspecified atom stereocenters. The van der Waals surface area contributed by atoms with Crippen LogP contribution in [0.15, 0.2) is 12.3 Å². The molecule has 0 radical (unpaired) electrons. The number of aromatic amines is 1. The molecule has 0 spiro atoms. The Morgan fingerprint density at radius 2 is 2.71 bits per heavy atom. The van der Waals surface area contributed by atoms with Crippen LogP contribution in [0.5, 0.6) is 0 Å². The predicted molar refractivity (Wildman–Crippen MR) is 49.9 cm³/mol. The first kappa shape index (κ1) is 9.21. The van der Waals surface area contributed by atoms with Crippen LogP contribution in [0.3, 0.4) is 0 Å². The second-order valence-electron chi connectivity index (χ2n) is 3.32. The number of carbonyl (C=O) groups excluding carboxylic acids is 1. The lowest BCUT2D eigenvalue weighted by Crippen LogP contribution is -2.31. The zero-order valence-electron chi connectivity index (χ0n) is 7.82. The average molecular weight is 195 g/mol. The van der Waals surface area contributed by atoms with Crippen LogP contribution in [-0.2, 0) is 4.74 Å². The zero-order chi connectivity index (χ0) is 9.80. The summed E-state index contributed by atoms with van der Waals surface area (Å²) in [6, 6.07) is 1.64. The minimum Gasteiger partial charge on any atom is -0.376 e. The van der Waals surface area contributed by atoms with E-state index in [0.29, 0.717) is 12.2 Å². The van der Waals surface area contributed by atoms with E-state index >= 15 is 0 Å². The molecule has 1 aliphatic heterocycles. The van der Waals surface area contributed by atoms with Gasteiger partial charge in [-0.3, -0.25) is 9.89 Å². The van der Waals surface area contributed by atoms with Crippen molar-refractivity contribution < 1.29 is 9.53 Å². The first-order valence-corrected chi connectivity index (χ1v) is 4.75. The Hall–Kier alpha value is -1.36. The molecule has 0 bridgehead atoms. The van der Waals surface area contributed by atoms with Crippen molar-refractivity contribution in [3.05, 3.63) is 18.0 Å². The number of H-pyrrole nitrogens is 1. The first-order chi connectivity index (χ1) is 6.86. The van der Waals surface area contributed by atoms with Crippen molar-refractivity contribution in [3.63, 3.8) is 0 Å². The largest absolute Gasteiger partial charge is 0.376 e. The van der Waals surface area contributed by atoms with Gasteiger partial charge < -0.3 is 10.1 Å². The van der Waals surface area contributed by atoms with Gasteiger partial charge in [0.25, 0.3) is 5.91 Å². The van der Waals surface area contributed by atoms with Crippen molar-refractivity contribution in [1.29, 1.82) is 0 Å². The third kappa shape index (κ3) is 2.11. The molecule has 1 aromatic rings. The Morgan fingerprint density at radius 3 is 3.36 bits per heavy atom. The fourth-order valence-electron chi connectivity index (χ4n) is 1.49. The summed E-state index contributed by atoms with van der Waals surface area (Å²) in [4.78, 5) is 11.4. The van der Waals surface area contributed by atoms with E-state index in [9.17, 15) is 4.79 Å². The lowest BCUT2D eigenvalue weighted by Gasteiger charge is -2.09. The maximum atomic E-state index is 11.4. The number of nitrogens with zero attached hydrogens (tertiary/aromatic N) is 1. The average Bonchev–Trinajstić information content (AvgIpc) is 2.87. The van der Waals surface area contributed by atoms with E-state index in [0.717, 1.165) is 19.4 Å². The summed E-state index contributed by atoms with van der Waals surface area (Å²) in [7, 11) is 0. The normalized spacial score (nSPS) is 21.0. The van der Waals surface area contributed by atoms with Gasteiger partial charge in [-0.05, 0) is 18.9 Å². The fraction of sp³-hybridized carbons (Fsp3) is 0.556. The van der Waals surface area contributed by atoms with Gasteiger partial charge in [-0.15, -0.1) is 0 Å². The highest BCUT2D eigenvalue weighted by Gasteiger charge is 2.16. The second-order valence-corrected chi connectivity index (χ2v) is 3.32. The number of amides is 1. The molecule has 1 atom stereocenters. The summed E-state index contributed by atoms with van der Waals surface area (Å²) in [5, 5.41) is 9.11. The van der Waals surface area contributed by atoms with Gasteiger partial charge in [-0.25, -0.2) is 0 Å². The molecule has 5 heteroatoms. The summed E-state index contributed by atoms with van der Waals surface area (Å²) in [6.07, 6.45) is 3.86. The molecule has 1 fully saturated rings. The summed E-state index contributed by atoms with van der Waals surface area (Å²) >= 11 is 0. The number of ether oxygens (including phenoxy) is 1. The van der Waals surface area contributed by atoms with E-state index in [1.54, 1.807) is 12.3 Å². The van der Waals surface area contributed by atoms with Crippen LogP contribution in [0.2, 0.25) is 0 Å². The van der Waals surface area contributed by atoms with Crippen LogP contribution in [0.4, 0.5) is 0 Å². The third-order valence-electron chi connectivity index (χ3n) is 2.26. The molecule has 76 valence electrons. The Labute approximate surface area is 81.8 Å². The van der Waals surface area contributed by atoms with E-state index in [-0.39, 0.29) is 12.0 Å². The quantitative estimate of drug-likeness (QED) is 0.729. The fourth-order valence-corrected chi connectivity index (χ4v) is 1.49. The van der Waals surface area contributed by atoms with Gasteiger partial charge >= 0.3 is 0 Å². The molecule has 2 heterocycles. The minimum atomic E-state index is -0.127. The van der Waals surface area contributed by atoms with E-state index < -0.39 is 0 Å². The second kappa shape index (κ2) is 4.23. The van der Waals surface area contributed by atoms with Crippen LogP contribution in [0, 0.1) is 0 Å². The molecule has 1 aromatic heterocycles. The topological polar surface area (TPSA) is 67.0 Å². The number of aromatic nitrogens is 2. The summed E-state index contributed by atoms with van der Waals surface area (Å²) in [6.45, 7) is 1.39. The standard InChI is InChI=1S/C9H13N3O2/c13-9(8-3-4-11-12-8)10-6-7-2-1-5-14-7/h3-4,7H,1-2,5-6H2,(H,10,13)(H,11,12). The van der Waals surface area contributed by atoms with Gasteiger partial charge in [0.15, 0.2) is 0 Å². The number of carbonyl (C=O) groups is 1.